The van der Waals surface area contributed by atoms with Crippen LogP contribution in [0, 0.1) is 0 Å². The molecule has 1 saturated heterocycles. The molecule has 20 heavy (non-hydrogen) atoms. The molecule has 0 radical (unpaired) electrons. The standard InChI is InChI=1S/C15H23N3O2/c1-17-8-6-12(7-9-17)18(2)14-10-11(15(19)20-3)4-5-13(14)16/h4-5,10,12H,6-9,16H2,1-3H3. The number of anilines is 2. The summed E-state index contributed by atoms with van der Waals surface area (Å²) in [5.41, 5.74) is 8.20. The molecule has 0 bridgehead atoms. The summed E-state index contributed by atoms with van der Waals surface area (Å²) in [7, 11) is 5.57. The Kier molecular flexibility index (Phi) is 4.49. The number of carbonyl (C=O) groups is 1. The van der Waals surface area contributed by atoms with E-state index in [1.165, 1.54) is 7.11 Å². The maximum Gasteiger partial charge on any atom is 0.337 e. The molecular weight excluding hydrogens is 254 g/mol. The van der Waals surface area contributed by atoms with Gasteiger partial charge in [-0.1, -0.05) is 0 Å². The summed E-state index contributed by atoms with van der Waals surface area (Å²) in [6, 6.07) is 5.75. The van der Waals surface area contributed by atoms with Gasteiger partial charge in [-0.2, -0.15) is 0 Å². The predicted octanol–water partition coefficient (Wildman–Crippen LogP) is 1.59. The first-order valence-electron chi connectivity index (χ1n) is 6.92. The molecule has 0 atom stereocenters. The number of piperidine rings is 1. The molecule has 5 nitrogen and oxygen atoms in total. The van der Waals surface area contributed by atoms with Gasteiger partial charge in [0.25, 0.3) is 0 Å². The average molecular weight is 277 g/mol. The van der Waals surface area contributed by atoms with Crippen LogP contribution < -0.4 is 10.6 Å². The van der Waals surface area contributed by atoms with E-state index in [0.29, 0.717) is 17.3 Å². The van der Waals surface area contributed by atoms with Gasteiger partial charge in [0.05, 0.1) is 24.0 Å². The zero-order chi connectivity index (χ0) is 14.7. The highest BCUT2D eigenvalue weighted by Gasteiger charge is 2.22. The molecule has 0 amide bonds. The third-order valence-electron chi connectivity index (χ3n) is 4.07. The zero-order valence-corrected chi connectivity index (χ0v) is 12.4. The molecule has 1 aliphatic heterocycles. The van der Waals surface area contributed by atoms with Gasteiger partial charge in [-0.3, -0.25) is 0 Å². The van der Waals surface area contributed by atoms with Crippen LogP contribution >= 0.6 is 0 Å². The van der Waals surface area contributed by atoms with E-state index in [-0.39, 0.29) is 5.97 Å². The van der Waals surface area contributed by atoms with Crippen molar-refractivity contribution in [2.75, 3.05) is 44.9 Å². The SMILES string of the molecule is COC(=O)c1ccc(N)c(N(C)C2CCN(C)CC2)c1. The van der Waals surface area contributed by atoms with Crippen LogP contribution in [0.4, 0.5) is 11.4 Å². The molecule has 0 spiro atoms. The topological polar surface area (TPSA) is 58.8 Å². The number of hydrogen-bond donors (Lipinski definition) is 1. The summed E-state index contributed by atoms with van der Waals surface area (Å²) in [5, 5.41) is 0. The Labute approximate surface area is 120 Å². The van der Waals surface area contributed by atoms with Crippen molar-refractivity contribution in [3.8, 4) is 0 Å². The van der Waals surface area contributed by atoms with Gasteiger partial charge in [0, 0.05) is 13.1 Å². The second kappa shape index (κ2) is 6.13. The number of benzene rings is 1. The van der Waals surface area contributed by atoms with Crippen LogP contribution in [0.1, 0.15) is 23.2 Å². The van der Waals surface area contributed by atoms with Crippen molar-refractivity contribution in [1.82, 2.24) is 4.90 Å². The van der Waals surface area contributed by atoms with E-state index in [1.807, 2.05) is 13.1 Å². The van der Waals surface area contributed by atoms with Crippen LogP contribution in [0.25, 0.3) is 0 Å². The van der Waals surface area contributed by atoms with E-state index in [1.54, 1.807) is 12.1 Å². The number of ether oxygens (including phenoxy) is 1. The molecular formula is C15H23N3O2. The number of nitrogens with zero attached hydrogens (tertiary/aromatic N) is 2. The van der Waals surface area contributed by atoms with Gasteiger partial charge >= 0.3 is 5.97 Å². The Hall–Kier alpha value is -1.75. The minimum Gasteiger partial charge on any atom is -0.465 e. The van der Waals surface area contributed by atoms with E-state index >= 15 is 0 Å². The van der Waals surface area contributed by atoms with Gasteiger partial charge in [0.1, 0.15) is 0 Å². The highest BCUT2D eigenvalue weighted by molar-refractivity contribution is 5.92. The highest BCUT2D eigenvalue weighted by Crippen LogP contribution is 2.28. The second-order valence-corrected chi connectivity index (χ2v) is 5.41. The largest absolute Gasteiger partial charge is 0.465 e. The molecule has 1 aromatic rings. The molecule has 0 unspecified atom stereocenters. The lowest BCUT2D eigenvalue weighted by molar-refractivity contribution is 0.0601. The molecule has 5 heteroatoms. The first-order valence-corrected chi connectivity index (χ1v) is 6.92. The molecule has 1 heterocycles. The van der Waals surface area contributed by atoms with Crippen LogP contribution in [0.2, 0.25) is 0 Å². The quantitative estimate of drug-likeness (QED) is 0.671. The van der Waals surface area contributed by atoms with Crippen LogP contribution in [-0.4, -0.2) is 51.2 Å². The number of rotatable bonds is 3. The summed E-state index contributed by atoms with van der Waals surface area (Å²) in [6.45, 7) is 2.18. The van der Waals surface area contributed by atoms with Crippen LogP contribution in [0.5, 0.6) is 0 Å². The third kappa shape index (κ3) is 3.04. The summed E-state index contributed by atoms with van der Waals surface area (Å²) in [4.78, 5) is 16.2. The van der Waals surface area contributed by atoms with Crippen molar-refractivity contribution >= 4 is 17.3 Å². The fourth-order valence-corrected chi connectivity index (χ4v) is 2.67. The molecule has 0 saturated carbocycles. The molecule has 1 aliphatic rings. The Morgan fingerprint density at radius 1 is 1.40 bits per heavy atom. The smallest absolute Gasteiger partial charge is 0.337 e. The van der Waals surface area contributed by atoms with Gasteiger partial charge in [0.2, 0.25) is 0 Å². The van der Waals surface area contributed by atoms with Gasteiger partial charge in [-0.15, -0.1) is 0 Å². The number of esters is 1. The Balaban J connectivity index is 2.20. The van der Waals surface area contributed by atoms with Crippen LogP contribution in [0.3, 0.4) is 0 Å². The lowest BCUT2D eigenvalue weighted by Gasteiger charge is -2.37. The van der Waals surface area contributed by atoms with E-state index < -0.39 is 0 Å². The summed E-state index contributed by atoms with van der Waals surface area (Å²) >= 11 is 0. The van der Waals surface area contributed by atoms with E-state index in [9.17, 15) is 4.79 Å². The number of methoxy groups -OCH3 is 1. The van der Waals surface area contributed by atoms with Crippen molar-refractivity contribution in [3.63, 3.8) is 0 Å². The maximum atomic E-state index is 11.6. The summed E-state index contributed by atoms with van der Waals surface area (Å²) in [6.07, 6.45) is 2.21. The van der Waals surface area contributed by atoms with Crippen molar-refractivity contribution in [2.24, 2.45) is 0 Å². The molecule has 0 aliphatic carbocycles. The van der Waals surface area contributed by atoms with Gasteiger partial charge < -0.3 is 20.3 Å². The van der Waals surface area contributed by atoms with Crippen molar-refractivity contribution in [2.45, 2.75) is 18.9 Å². The predicted molar refractivity (Wildman–Crippen MR) is 81.1 cm³/mol. The zero-order valence-electron chi connectivity index (χ0n) is 12.4. The third-order valence-corrected chi connectivity index (χ3v) is 4.07. The van der Waals surface area contributed by atoms with Crippen molar-refractivity contribution in [1.29, 1.82) is 0 Å². The number of nitrogens with two attached hydrogens (primary N) is 1. The first kappa shape index (κ1) is 14.7. The lowest BCUT2D eigenvalue weighted by atomic mass is 10.0. The van der Waals surface area contributed by atoms with E-state index in [0.717, 1.165) is 31.6 Å². The Morgan fingerprint density at radius 2 is 2.05 bits per heavy atom. The van der Waals surface area contributed by atoms with Crippen molar-refractivity contribution < 1.29 is 9.53 Å². The Bertz CT molecular complexity index is 482. The monoisotopic (exact) mass is 277 g/mol. The van der Waals surface area contributed by atoms with Crippen molar-refractivity contribution in [3.05, 3.63) is 23.8 Å². The normalized spacial score (nSPS) is 16.9. The highest BCUT2D eigenvalue weighted by atomic mass is 16.5. The van der Waals surface area contributed by atoms with Crippen LogP contribution in [-0.2, 0) is 4.74 Å². The van der Waals surface area contributed by atoms with Crippen LogP contribution in [0.15, 0.2) is 18.2 Å². The molecule has 1 aromatic carbocycles. The average Bonchev–Trinajstić information content (AvgIpc) is 2.47. The van der Waals surface area contributed by atoms with Gasteiger partial charge in [-0.25, -0.2) is 4.79 Å². The first-order chi connectivity index (χ1) is 9.52. The maximum absolute atomic E-state index is 11.6. The molecule has 1 fully saturated rings. The number of likely N-dealkylation sites (tertiary alicyclic amines) is 1. The lowest BCUT2D eigenvalue weighted by Crippen LogP contribution is -2.42. The molecule has 2 rings (SSSR count). The molecule has 0 aromatic heterocycles. The molecule has 2 N–H and O–H groups in total. The van der Waals surface area contributed by atoms with Gasteiger partial charge in [-0.05, 0) is 51.2 Å². The second-order valence-electron chi connectivity index (χ2n) is 5.41. The van der Waals surface area contributed by atoms with E-state index in [2.05, 4.69) is 16.8 Å². The summed E-state index contributed by atoms with van der Waals surface area (Å²) in [5.74, 6) is -0.331. The van der Waals surface area contributed by atoms with Gasteiger partial charge in [0.15, 0.2) is 0 Å². The minimum atomic E-state index is -0.331. The fraction of sp³-hybridized carbons (Fsp3) is 0.533. The minimum absolute atomic E-state index is 0.331. The number of carbonyl (C=O) groups excluding carboxylic acids is 1. The number of nitrogen functional groups attached to an aromatic ring is 1. The molecule has 110 valence electrons. The summed E-state index contributed by atoms with van der Waals surface area (Å²) < 4.78 is 4.77. The fourth-order valence-electron chi connectivity index (χ4n) is 2.67. The number of hydrogen-bond acceptors (Lipinski definition) is 5. The van der Waals surface area contributed by atoms with E-state index in [4.69, 9.17) is 10.5 Å². The Morgan fingerprint density at radius 3 is 2.65 bits per heavy atom.